The van der Waals surface area contributed by atoms with Crippen LogP contribution in [-0.4, -0.2) is 72.0 Å². The van der Waals surface area contributed by atoms with Gasteiger partial charge in [0.15, 0.2) is 0 Å². The number of hydrogen-bond acceptors (Lipinski definition) is 5. The lowest BCUT2D eigenvalue weighted by Crippen LogP contribution is -2.51. The van der Waals surface area contributed by atoms with E-state index in [1.54, 1.807) is 11.0 Å². The zero-order chi connectivity index (χ0) is 19.2. The molecule has 0 bridgehead atoms. The number of hydrogen-bond donors (Lipinski definition) is 2. The van der Waals surface area contributed by atoms with Crippen molar-refractivity contribution in [2.24, 2.45) is 0 Å². The predicted octanol–water partition coefficient (Wildman–Crippen LogP) is 0.936. The van der Waals surface area contributed by atoms with Crippen LogP contribution in [0.25, 0.3) is 0 Å². The summed E-state index contributed by atoms with van der Waals surface area (Å²) < 4.78 is 0. The van der Waals surface area contributed by atoms with E-state index in [4.69, 9.17) is 0 Å². The van der Waals surface area contributed by atoms with E-state index in [-0.39, 0.29) is 24.1 Å². The largest absolute Gasteiger partial charge is 0.352 e. The first kappa shape index (κ1) is 19.4. The van der Waals surface area contributed by atoms with Gasteiger partial charge in [0, 0.05) is 44.0 Å². The number of carbonyl (C=O) groups excluding carboxylic acids is 3. The lowest BCUT2D eigenvalue weighted by atomic mass is 10.2. The molecule has 0 aliphatic carbocycles. The molecule has 0 aromatic heterocycles. The first-order chi connectivity index (χ1) is 13.1. The number of nitrogens with zero attached hydrogens (tertiary/aromatic N) is 2. The second kappa shape index (κ2) is 9.05. The number of amides is 3. The number of para-hydroxylation sites is 1. The first-order valence-corrected chi connectivity index (χ1v) is 9.89. The molecular weight excluding hydrogens is 364 g/mol. The molecule has 27 heavy (non-hydrogen) atoms. The fraction of sp³-hybridized carbons (Fsp3) is 0.421. The Bertz CT molecular complexity index is 731. The third-order valence-electron chi connectivity index (χ3n) is 4.60. The van der Waals surface area contributed by atoms with E-state index in [1.165, 1.54) is 11.8 Å². The van der Waals surface area contributed by atoms with Crippen LogP contribution < -0.4 is 10.6 Å². The third-order valence-corrected chi connectivity index (χ3v) is 5.88. The molecule has 3 rings (SSSR count). The third kappa shape index (κ3) is 5.11. The predicted molar refractivity (Wildman–Crippen MR) is 106 cm³/mol. The molecule has 0 spiro atoms. The molecule has 1 atom stereocenters. The van der Waals surface area contributed by atoms with E-state index in [1.807, 2.05) is 29.2 Å². The SMILES string of the molecule is C=CCNC(=O)CN1CCN(C(=O)CC2Sc3ccccc3NC2=O)CC1. The molecule has 1 saturated heterocycles. The van der Waals surface area contributed by atoms with Gasteiger partial charge in [-0.2, -0.15) is 0 Å². The summed E-state index contributed by atoms with van der Waals surface area (Å²) in [6.45, 7) is 6.81. The highest BCUT2D eigenvalue weighted by molar-refractivity contribution is 8.01. The van der Waals surface area contributed by atoms with Gasteiger partial charge in [-0.3, -0.25) is 19.3 Å². The molecule has 2 N–H and O–H groups in total. The van der Waals surface area contributed by atoms with Crippen molar-refractivity contribution in [1.29, 1.82) is 0 Å². The summed E-state index contributed by atoms with van der Waals surface area (Å²) >= 11 is 1.44. The van der Waals surface area contributed by atoms with Crippen molar-refractivity contribution in [3.8, 4) is 0 Å². The Kier molecular flexibility index (Phi) is 6.52. The highest BCUT2D eigenvalue weighted by atomic mass is 32.2. The molecule has 1 unspecified atom stereocenters. The lowest BCUT2D eigenvalue weighted by molar-refractivity contribution is -0.134. The second-order valence-electron chi connectivity index (χ2n) is 6.55. The average molecular weight is 388 g/mol. The van der Waals surface area contributed by atoms with Crippen molar-refractivity contribution >= 4 is 35.2 Å². The van der Waals surface area contributed by atoms with Crippen LogP contribution in [0.4, 0.5) is 5.69 Å². The number of benzene rings is 1. The molecule has 8 heteroatoms. The van der Waals surface area contributed by atoms with Gasteiger partial charge >= 0.3 is 0 Å². The number of carbonyl (C=O) groups is 3. The Labute approximate surface area is 163 Å². The summed E-state index contributed by atoms with van der Waals surface area (Å²) in [5.41, 5.74) is 0.805. The molecule has 0 saturated carbocycles. The maximum Gasteiger partial charge on any atom is 0.238 e. The Morgan fingerprint density at radius 2 is 2.00 bits per heavy atom. The van der Waals surface area contributed by atoms with Crippen molar-refractivity contribution in [3.05, 3.63) is 36.9 Å². The van der Waals surface area contributed by atoms with Gasteiger partial charge in [-0.15, -0.1) is 18.3 Å². The molecule has 3 amide bonds. The summed E-state index contributed by atoms with van der Waals surface area (Å²) in [5, 5.41) is 5.22. The van der Waals surface area contributed by atoms with E-state index in [2.05, 4.69) is 17.2 Å². The molecule has 7 nitrogen and oxygen atoms in total. The van der Waals surface area contributed by atoms with Gasteiger partial charge < -0.3 is 15.5 Å². The van der Waals surface area contributed by atoms with Crippen LogP contribution >= 0.6 is 11.8 Å². The Morgan fingerprint density at radius 3 is 2.74 bits per heavy atom. The first-order valence-electron chi connectivity index (χ1n) is 9.01. The molecule has 1 fully saturated rings. The molecule has 2 aliphatic rings. The summed E-state index contributed by atoms with van der Waals surface area (Å²) in [6.07, 6.45) is 1.83. The molecular formula is C19H24N4O3S. The van der Waals surface area contributed by atoms with Gasteiger partial charge in [-0.1, -0.05) is 18.2 Å². The van der Waals surface area contributed by atoms with Gasteiger partial charge in [0.2, 0.25) is 17.7 Å². The number of nitrogens with one attached hydrogen (secondary N) is 2. The monoisotopic (exact) mass is 388 g/mol. The number of thioether (sulfide) groups is 1. The number of fused-ring (bicyclic) bond motifs is 1. The van der Waals surface area contributed by atoms with E-state index < -0.39 is 5.25 Å². The zero-order valence-electron chi connectivity index (χ0n) is 15.1. The fourth-order valence-corrected chi connectivity index (χ4v) is 4.22. The molecule has 0 radical (unpaired) electrons. The number of piperazine rings is 1. The summed E-state index contributed by atoms with van der Waals surface area (Å²) in [5.74, 6) is -0.175. The van der Waals surface area contributed by atoms with Crippen LogP contribution in [0, 0.1) is 0 Å². The minimum Gasteiger partial charge on any atom is -0.352 e. The van der Waals surface area contributed by atoms with Gasteiger partial charge in [-0.05, 0) is 12.1 Å². The second-order valence-corrected chi connectivity index (χ2v) is 7.79. The van der Waals surface area contributed by atoms with Crippen LogP contribution in [0.15, 0.2) is 41.8 Å². The van der Waals surface area contributed by atoms with Crippen LogP contribution in [0.3, 0.4) is 0 Å². The fourth-order valence-electron chi connectivity index (χ4n) is 3.12. The summed E-state index contributed by atoms with van der Waals surface area (Å²) in [7, 11) is 0. The van der Waals surface area contributed by atoms with Crippen LogP contribution in [0.1, 0.15) is 6.42 Å². The molecule has 1 aromatic rings. The van der Waals surface area contributed by atoms with Crippen LogP contribution in [0.5, 0.6) is 0 Å². The topological polar surface area (TPSA) is 81.8 Å². The van der Waals surface area contributed by atoms with E-state index >= 15 is 0 Å². The van der Waals surface area contributed by atoms with Crippen molar-refractivity contribution < 1.29 is 14.4 Å². The van der Waals surface area contributed by atoms with E-state index in [9.17, 15) is 14.4 Å². The lowest BCUT2D eigenvalue weighted by Gasteiger charge is -2.35. The maximum atomic E-state index is 12.6. The summed E-state index contributed by atoms with van der Waals surface area (Å²) in [6, 6.07) is 7.62. The van der Waals surface area contributed by atoms with Gasteiger partial charge in [0.1, 0.15) is 0 Å². The van der Waals surface area contributed by atoms with Gasteiger partial charge in [-0.25, -0.2) is 0 Å². The maximum absolute atomic E-state index is 12.6. The minimum atomic E-state index is -0.407. The minimum absolute atomic E-state index is 0.0159. The van der Waals surface area contributed by atoms with E-state index in [0.29, 0.717) is 39.3 Å². The highest BCUT2D eigenvalue weighted by Crippen LogP contribution is 2.36. The number of anilines is 1. The highest BCUT2D eigenvalue weighted by Gasteiger charge is 2.31. The standard InChI is InChI=1S/C19H24N4O3S/c1-2-7-20-17(24)13-22-8-10-23(11-9-22)18(25)12-16-19(26)21-14-5-3-4-6-15(14)27-16/h2-6,16H,1,7-13H2,(H,20,24)(H,21,26). The van der Waals surface area contributed by atoms with Crippen molar-refractivity contribution in [1.82, 2.24) is 15.1 Å². The number of rotatable bonds is 6. The van der Waals surface area contributed by atoms with Crippen LogP contribution in [0.2, 0.25) is 0 Å². The van der Waals surface area contributed by atoms with Crippen molar-refractivity contribution in [2.75, 3.05) is 44.6 Å². The molecule has 1 aromatic carbocycles. The molecule has 2 heterocycles. The van der Waals surface area contributed by atoms with Crippen LogP contribution in [-0.2, 0) is 14.4 Å². The molecule has 144 valence electrons. The Morgan fingerprint density at radius 1 is 1.26 bits per heavy atom. The van der Waals surface area contributed by atoms with E-state index in [0.717, 1.165) is 10.6 Å². The smallest absolute Gasteiger partial charge is 0.238 e. The average Bonchev–Trinajstić information content (AvgIpc) is 2.67. The zero-order valence-corrected chi connectivity index (χ0v) is 16.0. The molecule has 2 aliphatic heterocycles. The van der Waals surface area contributed by atoms with Gasteiger partial charge in [0.25, 0.3) is 0 Å². The normalized spacial score (nSPS) is 19.8. The Hall–Kier alpha value is -2.32. The van der Waals surface area contributed by atoms with Crippen molar-refractivity contribution in [2.45, 2.75) is 16.6 Å². The summed E-state index contributed by atoms with van der Waals surface area (Å²) in [4.78, 5) is 41.5. The van der Waals surface area contributed by atoms with Gasteiger partial charge in [0.05, 0.1) is 17.5 Å². The van der Waals surface area contributed by atoms with Crippen molar-refractivity contribution in [3.63, 3.8) is 0 Å². The Balaban J connectivity index is 1.47. The quantitative estimate of drug-likeness (QED) is 0.709.